The van der Waals surface area contributed by atoms with Gasteiger partial charge in [-0.2, -0.15) is 13.2 Å². The average Bonchev–Trinajstić information content (AvgIpc) is 3.21. The van der Waals surface area contributed by atoms with Crippen LogP contribution in [-0.4, -0.2) is 0 Å². The van der Waals surface area contributed by atoms with E-state index in [1.165, 1.54) is 18.9 Å². The van der Waals surface area contributed by atoms with Gasteiger partial charge in [0.05, 0.1) is 5.56 Å². The minimum absolute atomic E-state index is 0.498. The highest BCUT2D eigenvalue weighted by Gasteiger charge is 2.42. The van der Waals surface area contributed by atoms with Crippen molar-refractivity contribution in [3.05, 3.63) is 35.1 Å². The van der Waals surface area contributed by atoms with Gasteiger partial charge in [-0.15, -0.1) is 0 Å². The Morgan fingerprint density at radius 2 is 1.81 bits per heavy atom. The number of hydrogen-bond donors (Lipinski definition) is 1. The van der Waals surface area contributed by atoms with Gasteiger partial charge in [-0.1, -0.05) is 18.9 Å². The quantitative estimate of drug-likeness (QED) is 0.794. The third kappa shape index (κ3) is 2.93. The standard InChI is InChI=1S/C16H19F4N/c17-14-8-12(5-6-13(14)16(18,19)20)15(21)7-1-2-11(9-15)10-3-4-10/h5-6,8,10-11H,1-4,7,9,21H2. The molecule has 0 aliphatic heterocycles. The van der Waals surface area contributed by atoms with Crippen molar-refractivity contribution in [2.24, 2.45) is 17.6 Å². The molecule has 2 fully saturated rings. The number of benzene rings is 1. The van der Waals surface area contributed by atoms with Gasteiger partial charge in [0.25, 0.3) is 0 Å². The van der Waals surface area contributed by atoms with Gasteiger partial charge < -0.3 is 5.73 Å². The van der Waals surface area contributed by atoms with Crippen LogP contribution in [0.4, 0.5) is 17.6 Å². The lowest BCUT2D eigenvalue weighted by atomic mass is 9.71. The molecule has 0 spiro atoms. The maximum atomic E-state index is 13.8. The molecule has 1 nitrogen and oxygen atoms in total. The molecule has 2 saturated carbocycles. The van der Waals surface area contributed by atoms with Gasteiger partial charge in [0.1, 0.15) is 5.82 Å². The van der Waals surface area contributed by atoms with E-state index in [1.807, 2.05) is 0 Å². The highest BCUT2D eigenvalue weighted by Crippen LogP contribution is 2.48. The van der Waals surface area contributed by atoms with Crippen molar-refractivity contribution in [1.29, 1.82) is 0 Å². The second-order valence-corrected chi connectivity index (χ2v) is 6.54. The van der Waals surface area contributed by atoms with Crippen molar-refractivity contribution < 1.29 is 17.6 Å². The van der Waals surface area contributed by atoms with Gasteiger partial charge in [0.15, 0.2) is 0 Å². The SMILES string of the molecule is NC1(c2ccc(C(F)(F)F)c(F)c2)CCCC(C2CC2)C1. The zero-order valence-electron chi connectivity index (χ0n) is 11.7. The Morgan fingerprint density at radius 1 is 1.10 bits per heavy atom. The van der Waals surface area contributed by atoms with Crippen molar-refractivity contribution in [2.45, 2.75) is 50.2 Å². The van der Waals surface area contributed by atoms with E-state index in [9.17, 15) is 17.6 Å². The molecule has 2 aliphatic carbocycles. The lowest BCUT2D eigenvalue weighted by Gasteiger charge is -2.39. The molecule has 5 heteroatoms. The van der Waals surface area contributed by atoms with Crippen molar-refractivity contribution in [3.8, 4) is 0 Å². The van der Waals surface area contributed by atoms with Crippen LogP contribution in [0.15, 0.2) is 18.2 Å². The van der Waals surface area contributed by atoms with Crippen LogP contribution in [0, 0.1) is 17.7 Å². The average molecular weight is 301 g/mol. The molecule has 2 aliphatic rings. The van der Waals surface area contributed by atoms with Gasteiger partial charge in [-0.3, -0.25) is 0 Å². The normalized spacial score (nSPS) is 30.4. The largest absolute Gasteiger partial charge is 0.419 e. The highest BCUT2D eigenvalue weighted by atomic mass is 19.4. The molecular weight excluding hydrogens is 282 g/mol. The van der Waals surface area contributed by atoms with Crippen molar-refractivity contribution >= 4 is 0 Å². The second-order valence-electron chi connectivity index (χ2n) is 6.54. The summed E-state index contributed by atoms with van der Waals surface area (Å²) < 4.78 is 51.6. The maximum absolute atomic E-state index is 13.8. The summed E-state index contributed by atoms with van der Waals surface area (Å²) in [6.07, 6.45) is 1.34. The number of halogens is 4. The zero-order valence-corrected chi connectivity index (χ0v) is 11.7. The van der Waals surface area contributed by atoms with E-state index in [-0.39, 0.29) is 0 Å². The van der Waals surface area contributed by atoms with Crippen LogP contribution in [0.5, 0.6) is 0 Å². The Labute approximate surface area is 121 Å². The first-order valence-electron chi connectivity index (χ1n) is 7.46. The Morgan fingerprint density at radius 3 is 2.38 bits per heavy atom. The monoisotopic (exact) mass is 301 g/mol. The van der Waals surface area contributed by atoms with Crippen molar-refractivity contribution in [1.82, 2.24) is 0 Å². The number of rotatable bonds is 2. The molecule has 2 unspecified atom stereocenters. The van der Waals surface area contributed by atoms with Gasteiger partial charge >= 0.3 is 6.18 Å². The van der Waals surface area contributed by atoms with E-state index in [2.05, 4.69) is 0 Å². The van der Waals surface area contributed by atoms with E-state index < -0.39 is 23.1 Å². The van der Waals surface area contributed by atoms with Crippen LogP contribution in [0.3, 0.4) is 0 Å². The second kappa shape index (κ2) is 4.97. The molecule has 0 bridgehead atoms. The predicted octanol–water partition coefficient (Wildman–Crippen LogP) is 4.60. The summed E-state index contributed by atoms with van der Waals surface area (Å²) in [6, 6.07) is 3.15. The molecule has 0 saturated heterocycles. The maximum Gasteiger partial charge on any atom is 0.419 e. The van der Waals surface area contributed by atoms with E-state index in [1.54, 1.807) is 0 Å². The van der Waals surface area contributed by atoms with Gasteiger partial charge in [0.2, 0.25) is 0 Å². The molecule has 21 heavy (non-hydrogen) atoms. The fourth-order valence-electron chi connectivity index (χ4n) is 3.64. The molecule has 3 rings (SSSR count). The Bertz CT molecular complexity index is 536. The zero-order chi connectivity index (χ0) is 15.3. The van der Waals surface area contributed by atoms with Crippen molar-refractivity contribution in [2.75, 3.05) is 0 Å². The molecule has 2 atom stereocenters. The van der Waals surface area contributed by atoms with Gasteiger partial charge in [-0.05, 0) is 55.2 Å². The summed E-state index contributed by atoms with van der Waals surface area (Å²) in [5.41, 5.74) is 5.01. The van der Waals surface area contributed by atoms with Crippen LogP contribution in [0.1, 0.15) is 49.7 Å². The van der Waals surface area contributed by atoms with Crippen molar-refractivity contribution in [3.63, 3.8) is 0 Å². The number of hydrogen-bond acceptors (Lipinski definition) is 1. The summed E-state index contributed by atoms with van der Waals surface area (Å²) >= 11 is 0. The highest BCUT2D eigenvalue weighted by molar-refractivity contribution is 5.31. The fourth-order valence-corrected chi connectivity index (χ4v) is 3.64. The molecule has 2 N–H and O–H groups in total. The number of alkyl halides is 3. The van der Waals surface area contributed by atoms with E-state index in [0.717, 1.165) is 31.4 Å². The van der Waals surface area contributed by atoms with Crippen LogP contribution >= 0.6 is 0 Å². The van der Waals surface area contributed by atoms with Crippen LogP contribution < -0.4 is 5.73 Å². The summed E-state index contributed by atoms with van der Waals surface area (Å²) in [7, 11) is 0. The topological polar surface area (TPSA) is 26.0 Å². The molecule has 1 aromatic carbocycles. The molecule has 116 valence electrons. The molecular formula is C16H19F4N. The Balaban J connectivity index is 1.86. The lowest BCUT2D eigenvalue weighted by Crippen LogP contribution is -2.42. The number of nitrogens with two attached hydrogens (primary N) is 1. The third-order valence-corrected chi connectivity index (χ3v) is 4.96. The third-order valence-electron chi connectivity index (χ3n) is 4.96. The molecule has 0 heterocycles. The predicted molar refractivity (Wildman–Crippen MR) is 71.9 cm³/mol. The van der Waals surface area contributed by atoms with E-state index >= 15 is 0 Å². The first kappa shape index (κ1) is 14.8. The van der Waals surface area contributed by atoms with Crippen LogP contribution in [0.25, 0.3) is 0 Å². The molecule has 0 radical (unpaired) electrons. The van der Waals surface area contributed by atoms with Crippen LogP contribution in [-0.2, 0) is 11.7 Å². The summed E-state index contributed by atoms with van der Waals surface area (Å²) in [6.45, 7) is 0. The molecule has 0 aromatic heterocycles. The van der Waals surface area contributed by atoms with E-state index in [4.69, 9.17) is 5.73 Å². The minimum atomic E-state index is -4.66. The first-order chi connectivity index (χ1) is 9.79. The lowest BCUT2D eigenvalue weighted by molar-refractivity contribution is -0.140. The molecule has 1 aromatic rings. The van der Waals surface area contributed by atoms with Crippen LogP contribution in [0.2, 0.25) is 0 Å². The van der Waals surface area contributed by atoms with Gasteiger partial charge in [0, 0.05) is 5.54 Å². The summed E-state index contributed by atoms with van der Waals surface area (Å²) in [5.74, 6) is 0.0278. The summed E-state index contributed by atoms with van der Waals surface area (Å²) in [4.78, 5) is 0. The van der Waals surface area contributed by atoms with E-state index in [0.29, 0.717) is 23.8 Å². The Hall–Kier alpha value is -1.10. The summed E-state index contributed by atoms with van der Waals surface area (Å²) in [5, 5.41) is 0. The smallest absolute Gasteiger partial charge is 0.321 e. The minimum Gasteiger partial charge on any atom is -0.321 e. The first-order valence-corrected chi connectivity index (χ1v) is 7.46. The van der Waals surface area contributed by atoms with Gasteiger partial charge in [-0.25, -0.2) is 4.39 Å². The molecule has 0 amide bonds. The fraction of sp³-hybridized carbons (Fsp3) is 0.625. The Kier molecular flexibility index (Phi) is 3.51.